The fourth-order valence-electron chi connectivity index (χ4n) is 0.149. The molecule has 0 aliphatic carbocycles. The summed E-state index contributed by atoms with van der Waals surface area (Å²) in [6.07, 6.45) is 2.18. The van der Waals surface area contributed by atoms with Crippen molar-refractivity contribution in [1.29, 1.82) is 0 Å². The van der Waals surface area contributed by atoms with E-state index in [4.69, 9.17) is 4.55 Å². The summed E-state index contributed by atoms with van der Waals surface area (Å²) in [6.45, 7) is 6.19. The Hall–Kier alpha value is -1.14. The van der Waals surface area contributed by atoms with E-state index in [0.29, 0.717) is 0 Å². The van der Waals surface area contributed by atoms with Gasteiger partial charge in [0.15, 0.2) is 0 Å². The summed E-state index contributed by atoms with van der Waals surface area (Å²) in [5.74, 6) is -0.850. The Morgan fingerprint density at radius 1 is 1.50 bits per heavy atom. The zero-order valence-corrected chi connectivity index (χ0v) is 7.25. The summed E-state index contributed by atoms with van der Waals surface area (Å²) in [4.78, 5) is 9.47. The van der Waals surface area contributed by atoms with Gasteiger partial charge in [0.2, 0.25) is 5.91 Å². The summed E-state index contributed by atoms with van der Waals surface area (Å²) >= 11 is 0. The highest BCUT2D eigenvalue weighted by molar-refractivity contribution is 7.85. The van der Waals surface area contributed by atoms with Crippen LogP contribution in [0.2, 0.25) is 0 Å². The molecule has 0 aliphatic rings. The summed E-state index contributed by atoms with van der Waals surface area (Å²) in [5.41, 5.74) is 4.53. The molecule has 6 heteroatoms. The third-order valence-electron chi connectivity index (χ3n) is 0.530. The molecule has 0 saturated heterocycles. The average Bonchev–Trinajstić information content (AvgIpc) is 1.86. The molecule has 0 aromatic rings. The topological polar surface area (TPSA) is 97.5 Å². The van der Waals surface area contributed by atoms with Gasteiger partial charge in [-0.15, -0.1) is 6.58 Å². The highest BCUT2D eigenvalue weighted by atomic mass is 32.2. The van der Waals surface area contributed by atoms with E-state index in [9.17, 15) is 13.2 Å². The quantitative estimate of drug-likeness (QED) is 0.366. The van der Waals surface area contributed by atoms with Crippen molar-refractivity contribution in [2.24, 2.45) is 5.73 Å². The Kier molecular flexibility index (Phi) is 7.36. The zero-order chi connectivity index (χ0) is 10.2. The molecule has 0 aromatic heterocycles. The predicted molar refractivity (Wildman–Crippen MR) is 46.0 cm³/mol. The Morgan fingerprint density at radius 3 is 1.83 bits per heavy atom. The van der Waals surface area contributed by atoms with E-state index < -0.39 is 16.0 Å². The van der Waals surface area contributed by atoms with E-state index in [1.54, 1.807) is 0 Å². The van der Waals surface area contributed by atoms with E-state index in [1.165, 1.54) is 0 Å². The van der Waals surface area contributed by atoms with Crippen molar-refractivity contribution < 1.29 is 17.8 Å². The molecular weight excluding hydrogens is 182 g/mol. The number of carbonyl (C=O) groups is 1. The molecule has 0 rings (SSSR count). The van der Waals surface area contributed by atoms with E-state index in [2.05, 4.69) is 18.9 Å². The molecule has 12 heavy (non-hydrogen) atoms. The van der Waals surface area contributed by atoms with Gasteiger partial charge in [0.05, 0.1) is 5.75 Å². The van der Waals surface area contributed by atoms with Crippen LogP contribution in [0.1, 0.15) is 0 Å². The number of amides is 1. The van der Waals surface area contributed by atoms with Gasteiger partial charge < -0.3 is 5.73 Å². The molecule has 0 spiro atoms. The second kappa shape index (κ2) is 6.56. The SMILES string of the molecule is C=CC(N)=O.C=CCS(=O)(=O)O. The van der Waals surface area contributed by atoms with Crippen LogP contribution in [0.5, 0.6) is 0 Å². The van der Waals surface area contributed by atoms with Gasteiger partial charge in [-0.3, -0.25) is 9.35 Å². The minimum absolute atomic E-state index is 0.368. The monoisotopic (exact) mass is 193 g/mol. The highest BCUT2D eigenvalue weighted by Gasteiger charge is 1.95. The molecule has 0 aromatic carbocycles. The predicted octanol–water partition coefficient (Wildman–Crippen LogP) is -0.282. The van der Waals surface area contributed by atoms with Crippen molar-refractivity contribution in [3.63, 3.8) is 0 Å². The average molecular weight is 193 g/mol. The van der Waals surface area contributed by atoms with Crippen LogP contribution in [0.15, 0.2) is 25.3 Å². The van der Waals surface area contributed by atoms with Crippen molar-refractivity contribution in [2.45, 2.75) is 0 Å². The minimum atomic E-state index is -3.79. The number of carbonyl (C=O) groups excluding carboxylic acids is 1. The fraction of sp³-hybridized carbons (Fsp3) is 0.167. The van der Waals surface area contributed by atoms with E-state index in [1.807, 2.05) is 0 Å². The van der Waals surface area contributed by atoms with E-state index in [0.717, 1.165) is 12.2 Å². The van der Waals surface area contributed by atoms with Crippen LogP contribution in [0, 0.1) is 0 Å². The smallest absolute Gasteiger partial charge is 0.268 e. The number of primary amides is 1. The fourth-order valence-corrected chi connectivity index (χ4v) is 0.447. The zero-order valence-electron chi connectivity index (χ0n) is 6.43. The van der Waals surface area contributed by atoms with E-state index in [-0.39, 0.29) is 5.75 Å². The van der Waals surface area contributed by atoms with Crippen molar-refractivity contribution in [3.8, 4) is 0 Å². The Labute approximate surface area is 71.3 Å². The number of nitrogens with two attached hydrogens (primary N) is 1. The highest BCUT2D eigenvalue weighted by Crippen LogP contribution is 1.78. The molecule has 0 atom stereocenters. The summed E-state index contributed by atoms with van der Waals surface area (Å²) in [7, 11) is -3.79. The largest absolute Gasteiger partial charge is 0.366 e. The lowest BCUT2D eigenvalue weighted by molar-refractivity contribution is -0.113. The first-order valence-corrected chi connectivity index (χ1v) is 4.42. The Bertz CT molecular complexity index is 255. The third-order valence-corrected chi connectivity index (χ3v) is 1.19. The maximum atomic E-state index is 9.72. The second-order valence-corrected chi connectivity index (χ2v) is 3.14. The molecule has 3 N–H and O–H groups in total. The molecule has 0 saturated carbocycles. The van der Waals surface area contributed by atoms with Gasteiger partial charge in [0.25, 0.3) is 10.1 Å². The molecular formula is C6H11NO4S. The summed E-state index contributed by atoms with van der Waals surface area (Å²) < 4.78 is 27.3. The lowest BCUT2D eigenvalue weighted by Gasteiger charge is -1.82. The van der Waals surface area contributed by atoms with Crippen LogP contribution >= 0.6 is 0 Å². The van der Waals surface area contributed by atoms with Crippen molar-refractivity contribution in [2.75, 3.05) is 5.75 Å². The van der Waals surface area contributed by atoms with Crippen molar-refractivity contribution in [1.82, 2.24) is 0 Å². The minimum Gasteiger partial charge on any atom is -0.366 e. The lowest BCUT2D eigenvalue weighted by Crippen LogP contribution is -2.04. The maximum absolute atomic E-state index is 9.72. The summed E-state index contributed by atoms with van der Waals surface area (Å²) in [5, 5.41) is 0. The Morgan fingerprint density at radius 2 is 1.83 bits per heavy atom. The van der Waals surface area contributed by atoms with Gasteiger partial charge in [-0.1, -0.05) is 12.7 Å². The molecule has 5 nitrogen and oxygen atoms in total. The van der Waals surface area contributed by atoms with Crippen LogP contribution in [0.25, 0.3) is 0 Å². The van der Waals surface area contributed by atoms with Gasteiger partial charge in [0, 0.05) is 0 Å². The van der Waals surface area contributed by atoms with Crippen LogP contribution in [0.4, 0.5) is 0 Å². The van der Waals surface area contributed by atoms with Crippen LogP contribution in [-0.2, 0) is 14.9 Å². The lowest BCUT2D eigenvalue weighted by atomic mass is 10.6. The van der Waals surface area contributed by atoms with Crippen LogP contribution in [0.3, 0.4) is 0 Å². The first-order valence-electron chi connectivity index (χ1n) is 2.81. The molecule has 0 bridgehead atoms. The first-order chi connectivity index (χ1) is 5.33. The van der Waals surface area contributed by atoms with Crippen LogP contribution < -0.4 is 5.73 Å². The Balaban J connectivity index is 0. The van der Waals surface area contributed by atoms with Gasteiger partial charge in [-0.05, 0) is 6.08 Å². The summed E-state index contributed by atoms with van der Waals surface area (Å²) in [6, 6.07) is 0. The first kappa shape index (κ1) is 13.4. The van der Waals surface area contributed by atoms with Gasteiger partial charge in [-0.2, -0.15) is 8.42 Å². The molecule has 1 amide bonds. The molecule has 0 unspecified atom stereocenters. The number of rotatable bonds is 3. The molecule has 0 radical (unpaired) electrons. The number of hydrogen-bond donors (Lipinski definition) is 2. The van der Waals surface area contributed by atoms with Gasteiger partial charge >= 0.3 is 0 Å². The molecule has 0 aliphatic heterocycles. The van der Waals surface area contributed by atoms with Crippen molar-refractivity contribution >= 4 is 16.0 Å². The van der Waals surface area contributed by atoms with E-state index >= 15 is 0 Å². The molecule has 0 fully saturated rings. The standard InChI is InChI=1S/C3H5NO.C3H6O3S/c1-2-3(4)5;1-2-3-7(4,5)6/h2H,1H2,(H2,4,5);2H,1,3H2,(H,4,5,6). The third kappa shape index (κ3) is 23.2. The van der Waals surface area contributed by atoms with Gasteiger partial charge in [0.1, 0.15) is 0 Å². The molecule has 0 heterocycles. The normalized spacial score (nSPS) is 9.08. The maximum Gasteiger partial charge on any atom is 0.268 e. The van der Waals surface area contributed by atoms with Gasteiger partial charge in [-0.25, -0.2) is 0 Å². The molecule has 70 valence electrons. The van der Waals surface area contributed by atoms with Crippen LogP contribution in [-0.4, -0.2) is 24.6 Å². The second-order valence-electron chi connectivity index (χ2n) is 1.64. The number of hydrogen-bond acceptors (Lipinski definition) is 3. The van der Waals surface area contributed by atoms with Crippen molar-refractivity contribution in [3.05, 3.63) is 25.3 Å².